The fourth-order valence-electron chi connectivity index (χ4n) is 2.47. The SMILES string of the molecule is COC(COc1ccc(C(=O)c2ccon2)cc1C1CC1)S(C)=O. The molecule has 0 bridgehead atoms. The molecule has 1 aliphatic carbocycles. The van der Waals surface area contributed by atoms with Gasteiger partial charge in [0.1, 0.15) is 18.6 Å². The van der Waals surface area contributed by atoms with Crippen LogP contribution in [0.5, 0.6) is 5.75 Å². The lowest BCUT2D eigenvalue weighted by Gasteiger charge is -2.16. The van der Waals surface area contributed by atoms with Crippen molar-refractivity contribution in [3.05, 3.63) is 47.3 Å². The third kappa shape index (κ3) is 3.73. The van der Waals surface area contributed by atoms with Crippen LogP contribution < -0.4 is 4.74 Å². The third-order valence-electron chi connectivity index (χ3n) is 3.97. The number of ketones is 1. The zero-order valence-corrected chi connectivity index (χ0v) is 14.4. The number of rotatable bonds is 8. The standard InChI is InChI=1S/C17H19NO5S/c1-21-16(24(2)20)10-22-15-6-5-12(9-13(15)11-3-4-11)17(19)14-7-8-23-18-14/h5-9,11,16H,3-4,10H2,1-2H3. The highest BCUT2D eigenvalue weighted by Gasteiger charge is 2.28. The molecule has 0 saturated heterocycles. The van der Waals surface area contributed by atoms with Crippen molar-refractivity contribution in [3.63, 3.8) is 0 Å². The molecule has 1 heterocycles. The number of benzene rings is 1. The first-order valence-corrected chi connectivity index (χ1v) is 9.29. The summed E-state index contributed by atoms with van der Waals surface area (Å²) in [6, 6.07) is 6.90. The Hall–Kier alpha value is -1.99. The Morgan fingerprint density at radius 1 is 1.42 bits per heavy atom. The highest BCUT2D eigenvalue weighted by Crippen LogP contribution is 2.44. The van der Waals surface area contributed by atoms with Gasteiger partial charge in [-0.3, -0.25) is 9.00 Å². The third-order valence-corrected chi connectivity index (χ3v) is 5.04. The molecule has 1 aromatic heterocycles. The van der Waals surface area contributed by atoms with E-state index in [4.69, 9.17) is 14.0 Å². The Morgan fingerprint density at radius 3 is 2.79 bits per heavy atom. The van der Waals surface area contributed by atoms with Crippen molar-refractivity contribution in [1.82, 2.24) is 5.16 Å². The molecule has 6 nitrogen and oxygen atoms in total. The van der Waals surface area contributed by atoms with Gasteiger partial charge in [-0.25, -0.2) is 0 Å². The van der Waals surface area contributed by atoms with Crippen molar-refractivity contribution in [2.24, 2.45) is 0 Å². The average Bonchev–Trinajstić information content (AvgIpc) is 3.28. The molecule has 0 amide bonds. The topological polar surface area (TPSA) is 78.6 Å². The molecule has 0 N–H and O–H groups in total. The summed E-state index contributed by atoms with van der Waals surface area (Å²) in [5.41, 5.74) is 1.36. The lowest BCUT2D eigenvalue weighted by atomic mass is 10.0. The van der Waals surface area contributed by atoms with Crippen molar-refractivity contribution < 1.29 is 23.0 Å². The first kappa shape index (κ1) is 16.9. The molecular weight excluding hydrogens is 330 g/mol. The molecule has 1 aliphatic rings. The lowest BCUT2D eigenvalue weighted by Crippen LogP contribution is -2.24. The number of aromatic nitrogens is 1. The molecule has 7 heteroatoms. The summed E-state index contributed by atoms with van der Waals surface area (Å²) in [5.74, 6) is 0.932. The number of ether oxygens (including phenoxy) is 2. The van der Waals surface area contributed by atoms with Crippen LogP contribution in [-0.2, 0) is 15.5 Å². The van der Waals surface area contributed by atoms with Crippen molar-refractivity contribution in [2.75, 3.05) is 20.0 Å². The van der Waals surface area contributed by atoms with Gasteiger partial charge in [0.25, 0.3) is 0 Å². The van der Waals surface area contributed by atoms with Gasteiger partial charge in [0.2, 0.25) is 5.78 Å². The predicted molar refractivity (Wildman–Crippen MR) is 88.7 cm³/mol. The van der Waals surface area contributed by atoms with Gasteiger partial charge in [-0.2, -0.15) is 0 Å². The van der Waals surface area contributed by atoms with Gasteiger partial charge < -0.3 is 14.0 Å². The minimum Gasteiger partial charge on any atom is -0.490 e. The maximum Gasteiger partial charge on any atom is 0.214 e. The quantitative estimate of drug-likeness (QED) is 0.682. The van der Waals surface area contributed by atoms with E-state index in [2.05, 4.69) is 5.16 Å². The van der Waals surface area contributed by atoms with Crippen LogP contribution >= 0.6 is 0 Å². The molecular formula is C17H19NO5S. The normalized spacial score (nSPS) is 16.6. The smallest absolute Gasteiger partial charge is 0.214 e. The second-order valence-electron chi connectivity index (χ2n) is 5.72. The summed E-state index contributed by atoms with van der Waals surface area (Å²) in [6.07, 6.45) is 5.11. The minimum absolute atomic E-state index is 0.179. The average molecular weight is 349 g/mol. The van der Waals surface area contributed by atoms with E-state index < -0.39 is 16.2 Å². The summed E-state index contributed by atoms with van der Waals surface area (Å²) in [4.78, 5) is 12.4. The van der Waals surface area contributed by atoms with Crippen LogP contribution in [-0.4, -0.2) is 40.6 Å². The molecule has 0 radical (unpaired) electrons. The van der Waals surface area contributed by atoms with Crippen molar-refractivity contribution >= 4 is 16.6 Å². The Labute approximate surface area is 142 Å². The largest absolute Gasteiger partial charge is 0.490 e. The summed E-state index contributed by atoms with van der Waals surface area (Å²) < 4.78 is 27.3. The Bertz CT molecular complexity index is 739. The Balaban J connectivity index is 1.80. The monoisotopic (exact) mass is 349 g/mol. The zero-order chi connectivity index (χ0) is 17.1. The highest BCUT2D eigenvalue weighted by molar-refractivity contribution is 7.84. The van der Waals surface area contributed by atoms with E-state index in [0.29, 0.717) is 17.2 Å². The number of hydrogen-bond acceptors (Lipinski definition) is 6. The van der Waals surface area contributed by atoms with E-state index in [1.54, 1.807) is 24.5 Å². The van der Waals surface area contributed by atoms with Gasteiger partial charge in [0.05, 0.1) is 10.8 Å². The summed E-state index contributed by atoms with van der Waals surface area (Å²) >= 11 is 0. The first-order chi connectivity index (χ1) is 11.6. The fourth-order valence-corrected chi connectivity index (χ4v) is 3.00. The summed E-state index contributed by atoms with van der Waals surface area (Å²) in [7, 11) is 0.380. The Morgan fingerprint density at radius 2 is 2.21 bits per heavy atom. The maximum atomic E-state index is 12.4. The van der Waals surface area contributed by atoms with Crippen LogP contribution in [0.15, 0.2) is 35.1 Å². The second-order valence-corrected chi connectivity index (χ2v) is 7.24. The number of carbonyl (C=O) groups excluding carboxylic acids is 1. The van der Waals surface area contributed by atoms with Gasteiger partial charge in [0.15, 0.2) is 11.1 Å². The van der Waals surface area contributed by atoms with Crippen LogP contribution in [0, 0.1) is 0 Å². The molecule has 0 aliphatic heterocycles. The summed E-state index contributed by atoms with van der Waals surface area (Å²) in [6.45, 7) is 0.204. The van der Waals surface area contributed by atoms with Crippen LogP contribution in [0.25, 0.3) is 0 Å². The molecule has 128 valence electrons. The van der Waals surface area contributed by atoms with E-state index in [1.165, 1.54) is 13.4 Å². The van der Waals surface area contributed by atoms with Gasteiger partial charge in [0, 0.05) is 25.0 Å². The molecule has 24 heavy (non-hydrogen) atoms. The van der Waals surface area contributed by atoms with E-state index in [0.717, 1.165) is 18.4 Å². The molecule has 3 rings (SSSR count). The van der Waals surface area contributed by atoms with E-state index >= 15 is 0 Å². The van der Waals surface area contributed by atoms with Gasteiger partial charge >= 0.3 is 0 Å². The Kier molecular flexibility index (Phi) is 5.11. The number of methoxy groups -OCH3 is 1. The van der Waals surface area contributed by atoms with Crippen molar-refractivity contribution in [2.45, 2.75) is 24.2 Å². The molecule has 2 atom stereocenters. The second kappa shape index (κ2) is 7.27. The van der Waals surface area contributed by atoms with Gasteiger partial charge in [-0.15, -0.1) is 0 Å². The molecule has 1 fully saturated rings. The first-order valence-electron chi connectivity index (χ1n) is 7.67. The van der Waals surface area contributed by atoms with E-state index in [-0.39, 0.29) is 18.1 Å². The molecule has 0 spiro atoms. The molecule has 2 unspecified atom stereocenters. The maximum absolute atomic E-state index is 12.4. The van der Waals surface area contributed by atoms with Crippen LogP contribution in [0.1, 0.15) is 40.4 Å². The van der Waals surface area contributed by atoms with Crippen LogP contribution in [0.3, 0.4) is 0 Å². The molecule has 1 aromatic carbocycles. The predicted octanol–water partition coefficient (Wildman–Crippen LogP) is 2.51. The van der Waals surface area contributed by atoms with Gasteiger partial charge in [-0.1, -0.05) is 5.16 Å². The van der Waals surface area contributed by atoms with Crippen LogP contribution in [0.4, 0.5) is 0 Å². The van der Waals surface area contributed by atoms with E-state index in [9.17, 15) is 9.00 Å². The highest BCUT2D eigenvalue weighted by atomic mass is 32.2. The number of carbonyl (C=O) groups is 1. The number of nitrogens with zero attached hydrogens (tertiary/aromatic N) is 1. The fraction of sp³-hybridized carbons (Fsp3) is 0.412. The summed E-state index contributed by atoms with van der Waals surface area (Å²) in [5, 5.41) is 3.69. The zero-order valence-electron chi connectivity index (χ0n) is 13.6. The lowest BCUT2D eigenvalue weighted by molar-refractivity contribution is 0.103. The van der Waals surface area contributed by atoms with Crippen LogP contribution in [0.2, 0.25) is 0 Å². The minimum atomic E-state index is -1.13. The molecule has 2 aromatic rings. The van der Waals surface area contributed by atoms with Gasteiger partial charge in [-0.05, 0) is 42.5 Å². The van der Waals surface area contributed by atoms with E-state index in [1.807, 2.05) is 6.07 Å². The van der Waals surface area contributed by atoms with Crippen molar-refractivity contribution in [1.29, 1.82) is 0 Å². The molecule has 1 saturated carbocycles. The number of hydrogen-bond donors (Lipinski definition) is 0. The van der Waals surface area contributed by atoms with Crippen molar-refractivity contribution in [3.8, 4) is 5.75 Å².